The fraction of sp³-hybridized carbons (Fsp3) is 0.222. The molecule has 3 aromatic rings. The Kier molecular flexibility index (Phi) is 3.26. The molecule has 0 aliphatic heterocycles. The SMILES string of the molecule is O=C(Nc1ccc2[nH]c(=O)[nH]c2c1)[C@H]1CCCc2ccccc21. The first-order valence-corrected chi connectivity index (χ1v) is 7.81. The number of hydrogen-bond donors (Lipinski definition) is 3. The van der Waals surface area contributed by atoms with Crippen molar-refractivity contribution in [3.8, 4) is 0 Å². The van der Waals surface area contributed by atoms with Gasteiger partial charge in [-0.3, -0.25) is 4.79 Å². The molecule has 5 heteroatoms. The van der Waals surface area contributed by atoms with E-state index in [1.54, 1.807) is 18.2 Å². The number of rotatable bonds is 2. The van der Waals surface area contributed by atoms with Crippen molar-refractivity contribution in [2.45, 2.75) is 25.2 Å². The van der Waals surface area contributed by atoms with Crippen LogP contribution in [0.4, 0.5) is 5.69 Å². The van der Waals surface area contributed by atoms with Crippen molar-refractivity contribution >= 4 is 22.6 Å². The second-order valence-electron chi connectivity index (χ2n) is 5.97. The topological polar surface area (TPSA) is 77.8 Å². The summed E-state index contributed by atoms with van der Waals surface area (Å²) in [5.41, 5.74) is 4.27. The highest BCUT2D eigenvalue weighted by molar-refractivity contribution is 5.97. The van der Waals surface area contributed by atoms with Crippen LogP contribution in [0.3, 0.4) is 0 Å². The number of aromatic nitrogens is 2. The van der Waals surface area contributed by atoms with Gasteiger partial charge in [-0.25, -0.2) is 4.79 Å². The van der Waals surface area contributed by atoms with Crippen LogP contribution in [0.15, 0.2) is 47.3 Å². The van der Waals surface area contributed by atoms with E-state index in [0.29, 0.717) is 11.2 Å². The fourth-order valence-electron chi connectivity index (χ4n) is 3.37. The van der Waals surface area contributed by atoms with E-state index in [2.05, 4.69) is 21.4 Å². The van der Waals surface area contributed by atoms with E-state index < -0.39 is 0 Å². The van der Waals surface area contributed by atoms with Crippen LogP contribution in [0.25, 0.3) is 11.0 Å². The zero-order valence-electron chi connectivity index (χ0n) is 12.6. The Hall–Kier alpha value is -2.82. The summed E-state index contributed by atoms with van der Waals surface area (Å²) in [6.45, 7) is 0. The van der Waals surface area contributed by atoms with Gasteiger partial charge in [0.25, 0.3) is 0 Å². The fourth-order valence-corrected chi connectivity index (χ4v) is 3.37. The Morgan fingerprint density at radius 3 is 2.83 bits per heavy atom. The van der Waals surface area contributed by atoms with Crippen LogP contribution in [0.5, 0.6) is 0 Å². The molecule has 0 spiro atoms. The lowest BCUT2D eigenvalue weighted by Crippen LogP contribution is -2.24. The minimum Gasteiger partial charge on any atom is -0.325 e. The van der Waals surface area contributed by atoms with Crippen LogP contribution in [-0.4, -0.2) is 15.9 Å². The highest BCUT2D eigenvalue weighted by atomic mass is 16.2. The first-order valence-electron chi connectivity index (χ1n) is 7.81. The first-order chi connectivity index (χ1) is 11.2. The van der Waals surface area contributed by atoms with Crippen molar-refractivity contribution < 1.29 is 4.79 Å². The Morgan fingerprint density at radius 1 is 1.09 bits per heavy atom. The third-order valence-electron chi connectivity index (χ3n) is 4.47. The molecule has 3 N–H and O–H groups in total. The Balaban J connectivity index is 1.61. The van der Waals surface area contributed by atoms with Gasteiger partial charge in [0.2, 0.25) is 5.91 Å². The number of imidazole rings is 1. The van der Waals surface area contributed by atoms with Gasteiger partial charge >= 0.3 is 5.69 Å². The molecular weight excluding hydrogens is 290 g/mol. The molecule has 0 saturated heterocycles. The monoisotopic (exact) mass is 307 g/mol. The molecule has 1 amide bonds. The lowest BCUT2D eigenvalue weighted by atomic mass is 9.82. The molecule has 5 nitrogen and oxygen atoms in total. The number of aromatic amines is 2. The average molecular weight is 307 g/mol. The number of carbonyl (C=O) groups is 1. The molecule has 116 valence electrons. The first kappa shape index (κ1) is 13.8. The minimum atomic E-state index is -0.246. The number of aryl methyl sites for hydroxylation is 1. The van der Waals surface area contributed by atoms with Crippen LogP contribution >= 0.6 is 0 Å². The lowest BCUT2D eigenvalue weighted by Gasteiger charge is -2.24. The summed E-state index contributed by atoms with van der Waals surface area (Å²) >= 11 is 0. The molecular formula is C18H17N3O2. The minimum absolute atomic E-state index is 0.00869. The maximum absolute atomic E-state index is 12.7. The van der Waals surface area contributed by atoms with Crippen molar-refractivity contribution in [3.63, 3.8) is 0 Å². The highest BCUT2D eigenvalue weighted by Crippen LogP contribution is 2.32. The number of anilines is 1. The van der Waals surface area contributed by atoms with Gasteiger partial charge in [0.1, 0.15) is 0 Å². The van der Waals surface area contributed by atoms with Crippen LogP contribution in [0.2, 0.25) is 0 Å². The maximum atomic E-state index is 12.7. The highest BCUT2D eigenvalue weighted by Gasteiger charge is 2.26. The van der Waals surface area contributed by atoms with E-state index in [1.165, 1.54) is 5.56 Å². The summed E-state index contributed by atoms with van der Waals surface area (Å²) in [6.07, 6.45) is 2.93. The van der Waals surface area contributed by atoms with Gasteiger partial charge in [0, 0.05) is 5.69 Å². The van der Waals surface area contributed by atoms with Crippen LogP contribution in [-0.2, 0) is 11.2 Å². The van der Waals surface area contributed by atoms with Gasteiger partial charge < -0.3 is 15.3 Å². The van der Waals surface area contributed by atoms with Gasteiger partial charge in [-0.15, -0.1) is 0 Å². The van der Waals surface area contributed by atoms with E-state index in [1.807, 2.05) is 18.2 Å². The zero-order chi connectivity index (χ0) is 15.8. The molecule has 1 aliphatic carbocycles. The molecule has 23 heavy (non-hydrogen) atoms. The Morgan fingerprint density at radius 2 is 1.91 bits per heavy atom. The van der Waals surface area contributed by atoms with E-state index in [0.717, 1.165) is 30.3 Å². The normalized spacial score (nSPS) is 17.0. The van der Waals surface area contributed by atoms with Crippen molar-refractivity contribution in [3.05, 3.63) is 64.1 Å². The number of carbonyl (C=O) groups excluding carboxylic acids is 1. The van der Waals surface area contributed by atoms with Crippen molar-refractivity contribution in [1.29, 1.82) is 0 Å². The molecule has 1 aliphatic rings. The molecule has 4 rings (SSSR count). The molecule has 0 bridgehead atoms. The molecule has 0 fully saturated rings. The molecule has 0 unspecified atom stereocenters. The predicted octanol–water partition coefficient (Wildman–Crippen LogP) is 2.91. The molecule has 0 radical (unpaired) electrons. The van der Waals surface area contributed by atoms with Crippen molar-refractivity contribution in [2.75, 3.05) is 5.32 Å². The van der Waals surface area contributed by atoms with Crippen LogP contribution in [0, 0.1) is 0 Å². The van der Waals surface area contributed by atoms with Crippen molar-refractivity contribution in [2.24, 2.45) is 0 Å². The smallest absolute Gasteiger partial charge is 0.323 e. The van der Waals surface area contributed by atoms with Gasteiger partial charge in [-0.05, 0) is 48.6 Å². The average Bonchev–Trinajstić information content (AvgIpc) is 2.93. The summed E-state index contributed by atoms with van der Waals surface area (Å²) < 4.78 is 0. The quantitative estimate of drug-likeness (QED) is 0.680. The number of fused-ring (bicyclic) bond motifs is 2. The molecule has 0 saturated carbocycles. The number of hydrogen-bond acceptors (Lipinski definition) is 2. The standard InChI is InChI=1S/C18H17N3O2/c22-17(14-7-3-5-11-4-1-2-6-13(11)14)19-12-8-9-15-16(10-12)21-18(23)20-15/h1-2,4,6,8-10,14H,3,5,7H2,(H,19,22)(H2,20,21,23)/t14-/m0/s1. The molecule has 1 aromatic heterocycles. The van der Waals surface area contributed by atoms with Gasteiger partial charge in [0.15, 0.2) is 0 Å². The summed E-state index contributed by atoms with van der Waals surface area (Å²) in [6, 6.07) is 13.5. The summed E-state index contributed by atoms with van der Waals surface area (Å²) in [4.78, 5) is 29.4. The van der Waals surface area contributed by atoms with Gasteiger partial charge in [-0.2, -0.15) is 0 Å². The van der Waals surface area contributed by atoms with E-state index in [-0.39, 0.29) is 17.5 Å². The van der Waals surface area contributed by atoms with E-state index in [4.69, 9.17) is 0 Å². The van der Waals surface area contributed by atoms with Crippen LogP contribution in [0.1, 0.15) is 29.9 Å². The lowest BCUT2D eigenvalue weighted by molar-refractivity contribution is -0.117. The number of amides is 1. The third kappa shape index (κ3) is 2.54. The maximum Gasteiger partial charge on any atom is 0.323 e. The summed E-state index contributed by atoms with van der Waals surface area (Å²) in [5, 5.41) is 2.98. The Bertz CT molecular complexity index is 939. The molecule has 1 atom stereocenters. The van der Waals surface area contributed by atoms with E-state index in [9.17, 15) is 9.59 Å². The van der Waals surface area contributed by atoms with Gasteiger partial charge in [-0.1, -0.05) is 24.3 Å². The number of nitrogens with one attached hydrogen (secondary N) is 3. The van der Waals surface area contributed by atoms with Crippen LogP contribution < -0.4 is 11.0 Å². The summed E-state index contributed by atoms with van der Waals surface area (Å²) in [5.74, 6) is -0.102. The largest absolute Gasteiger partial charge is 0.325 e. The second kappa shape index (κ2) is 5.43. The van der Waals surface area contributed by atoms with Gasteiger partial charge in [0.05, 0.1) is 17.0 Å². The third-order valence-corrected chi connectivity index (χ3v) is 4.47. The molecule has 1 heterocycles. The zero-order valence-corrected chi connectivity index (χ0v) is 12.6. The second-order valence-corrected chi connectivity index (χ2v) is 5.97. The van der Waals surface area contributed by atoms with E-state index >= 15 is 0 Å². The summed E-state index contributed by atoms with van der Waals surface area (Å²) in [7, 11) is 0. The predicted molar refractivity (Wildman–Crippen MR) is 89.7 cm³/mol. The van der Waals surface area contributed by atoms with Crippen molar-refractivity contribution in [1.82, 2.24) is 9.97 Å². The molecule has 2 aromatic carbocycles. The number of benzene rings is 2. The Labute approximate surface area is 132 Å². The number of H-pyrrole nitrogens is 2.